The molecule has 0 unspecified atom stereocenters. The Morgan fingerprint density at radius 1 is 1.06 bits per heavy atom. The van der Waals surface area contributed by atoms with Gasteiger partial charge < -0.3 is 10.2 Å². The first-order valence-corrected chi connectivity index (χ1v) is 11.6. The third kappa shape index (κ3) is 5.54. The molecule has 1 saturated heterocycles. The number of carbonyl (C=O) groups excluding carboxylic acids is 1. The Morgan fingerprint density at radius 3 is 2.45 bits per heavy atom. The predicted molar refractivity (Wildman–Crippen MR) is 130 cm³/mol. The number of halogens is 2. The molecule has 1 aliphatic rings. The smallest absolute Gasteiger partial charge is 0.255 e. The maximum atomic E-state index is 13.1. The predicted octanol–water partition coefficient (Wildman–Crippen LogP) is 3.89. The maximum Gasteiger partial charge on any atom is 0.255 e. The zero-order chi connectivity index (χ0) is 23.4. The summed E-state index contributed by atoms with van der Waals surface area (Å²) in [5.41, 5.74) is 4.19. The third-order valence-corrected chi connectivity index (χ3v) is 6.53. The first-order valence-electron chi connectivity index (χ1n) is 11.2. The molecule has 6 nitrogen and oxygen atoms in total. The van der Waals surface area contributed by atoms with Gasteiger partial charge in [0, 0.05) is 55.7 Å². The van der Waals surface area contributed by atoms with E-state index in [2.05, 4.69) is 20.2 Å². The fourth-order valence-electron chi connectivity index (χ4n) is 4.26. The summed E-state index contributed by atoms with van der Waals surface area (Å²) in [5.74, 6) is -0.312. The van der Waals surface area contributed by atoms with Gasteiger partial charge in [-0.3, -0.25) is 14.4 Å². The molecule has 1 fully saturated rings. The number of carbonyl (C=O) groups is 1. The van der Waals surface area contributed by atoms with Crippen LogP contribution in [0.2, 0.25) is 5.02 Å². The molecule has 33 heavy (non-hydrogen) atoms. The third-order valence-electron chi connectivity index (χ3n) is 6.16. The van der Waals surface area contributed by atoms with Gasteiger partial charge in [0.05, 0.1) is 17.8 Å². The molecular weight excluding hydrogens is 441 g/mol. The lowest BCUT2D eigenvalue weighted by molar-refractivity contribution is 0.0946. The minimum absolute atomic E-state index is 0.0969. The first kappa shape index (κ1) is 23.3. The van der Waals surface area contributed by atoms with E-state index in [1.807, 2.05) is 54.9 Å². The normalized spacial score (nSPS) is 14.5. The SMILES string of the molecule is Cc1nn(Cc2ccccc2Cl)c(C)c1C(=O)NCCN1CCN(c2ccc(F)cc2)CC1. The first-order chi connectivity index (χ1) is 15.9. The lowest BCUT2D eigenvalue weighted by Gasteiger charge is -2.36. The summed E-state index contributed by atoms with van der Waals surface area (Å²) in [6.45, 7) is 9.23. The number of aromatic nitrogens is 2. The molecule has 1 amide bonds. The Labute approximate surface area is 198 Å². The summed E-state index contributed by atoms with van der Waals surface area (Å²) in [4.78, 5) is 17.5. The fourth-order valence-corrected chi connectivity index (χ4v) is 4.46. The molecule has 0 saturated carbocycles. The van der Waals surface area contributed by atoms with Gasteiger partial charge in [0.2, 0.25) is 0 Å². The average molecular weight is 470 g/mol. The Bertz CT molecular complexity index is 1110. The van der Waals surface area contributed by atoms with E-state index in [9.17, 15) is 9.18 Å². The number of benzene rings is 2. The number of piperazine rings is 1. The van der Waals surface area contributed by atoms with Crippen molar-refractivity contribution in [3.05, 3.63) is 81.9 Å². The van der Waals surface area contributed by atoms with Crippen molar-refractivity contribution in [2.45, 2.75) is 20.4 Å². The van der Waals surface area contributed by atoms with Crippen molar-refractivity contribution in [2.24, 2.45) is 0 Å². The molecule has 3 aromatic rings. The lowest BCUT2D eigenvalue weighted by Crippen LogP contribution is -2.48. The quantitative estimate of drug-likeness (QED) is 0.570. The summed E-state index contributed by atoms with van der Waals surface area (Å²) in [6, 6.07) is 14.3. The zero-order valence-electron chi connectivity index (χ0n) is 19.0. The van der Waals surface area contributed by atoms with Gasteiger partial charge in [0.25, 0.3) is 5.91 Å². The van der Waals surface area contributed by atoms with Crippen molar-refractivity contribution in [3.63, 3.8) is 0 Å². The van der Waals surface area contributed by atoms with Crippen molar-refractivity contribution in [1.82, 2.24) is 20.0 Å². The van der Waals surface area contributed by atoms with Gasteiger partial charge in [0.15, 0.2) is 0 Å². The van der Waals surface area contributed by atoms with Crippen LogP contribution in [-0.4, -0.2) is 59.9 Å². The molecule has 0 radical (unpaired) electrons. The van der Waals surface area contributed by atoms with E-state index >= 15 is 0 Å². The van der Waals surface area contributed by atoms with Gasteiger partial charge in [-0.1, -0.05) is 29.8 Å². The van der Waals surface area contributed by atoms with Crippen molar-refractivity contribution >= 4 is 23.2 Å². The molecule has 2 aromatic carbocycles. The molecular formula is C25H29ClFN5O. The van der Waals surface area contributed by atoms with E-state index in [0.29, 0.717) is 29.4 Å². The van der Waals surface area contributed by atoms with E-state index in [4.69, 9.17) is 11.6 Å². The number of hydrogen-bond acceptors (Lipinski definition) is 4. The zero-order valence-corrected chi connectivity index (χ0v) is 19.8. The van der Waals surface area contributed by atoms with Crippen LogP contribution in [0, 0.1) is 19.7 Å². The second-order valence-electron chi connectivity index (χ2n) is 8.36. The summed E-state index contributed by atoms with van der Waals surface area (Å²) in [5, 5.41) is 8.31. The van der Waals surface area contributed by atoms with E-state index in [-0.39, 0.29) is 11.7 Å². The van der Waals surface area contributed by atoms with Gasteiger partial charge >= 0.3 is 0 Å². The van der Waals surface area contributed by atoms with Gasteiger partial charge in [-0.05, 0) is 49.7 Å². The van der Waals surface area contributed by atoms with Crippen molar-refractivity contribution < 1.29 is 9.18 Å². The van der Waals surface area contributed by atoms with Gasteiger partial charge in [-0.25, -0.2) is 4.39 Å². The van der Waals surface area contributed by atoms with Crippen LogP contribution >= 0.6 is 11.6 Å². The number of hydrogen-bond donors (Lipinski definition) is 1. The van der Waals surface area contributed by atoms with Crippen LogP contribution in [0.1, 0.15) is 27.3 Å². The summed E-state index contributed by atoms with van der Waals surface area (Å²) >= 11 is 6.28. The van der Waals surface area contributed by atoms with Crippen LogP contribution in [0.15, 0.2) is 48.5 Å². The fraction of sp³-hybridized carbons (Fsp3) is 0.360. The van der Waals surface area contributed by atoms with E-state index < -0.39 is 0 Å². The molecule has 1 aliphatic heterocycles. The molecule has 174 valence electrons. The summed E-state index contributed by atoms with van der Waals surface area (Å²) in [7, 11) is 0. The number of anilines is 1. The monoisotopic (exact) mass is 469 g/mol. The summed E-state index contributed by atoms with van der Waals surface area (Å²) < 4.78 is 15.0. The molecule has 1 N–H and O–H groups in total. The number of nitrogens with one attached hydrogen (secondary N) is 1. The second-order valence-corrected chi connectivity index (χ2v) is 8.76. The van der Waals surface area contributed by atoms with Gasteiger partial charge in [-0.15, -0.1) is 0 Å². The highest BCUT2D eigenvalue weighted by Crippen LogP contribution is 2.20. The Kier molecular flexibility index (Phi) is 7.30. The number of amides is 1. The standard InChI is InChI=1S/C25H29ClFN5O/c1-18-24(19(2)32(29-18)17-20-5-3-4-6-23(20)26)25(33)28-11-12-30-13-15-31(16-14-30)22-9-7-21(27)8-10-22/h3-10H,11-17H2,1-2H3,(H,28,33). The molecule has 0 aliphatic carbocycles. The second kappa shape index (κ2) is 10.4. The molecule has 0 bridgehead atoms. The Balaban J connectivity index is 1.28. The Morgan fingerprint density at radius 2 is 1.76 bits per heavy atom. The molecule has 0 spiro atoms. The van der Waals surface area contributed by atoms with Gasteiger partial charge in [-0.2, -0.15) is 5.10 Å². The van der Waals surface area contributed by atoms with Gasteiger partial charge in [0.1, 0.15) is 5.82 Å². The van der Waals surface area contributed by atoms with E-state index in [0.717, 1.165) is 49.7 Å². The van der Waals surface area contributed by atoms with Crippen LogP contribution in [0.5, 0.6) is 0 Å². The Hall–Kier alpha value is -2.90. The average Bonchev–Trinajstić information content (AvgIpc) is 3.09. The largest absolute Gasteiger partial charge is 0.369 e. The molecule has 2 heterocycles. The van der Waals surface area contributed by atoms with Crippen LogP contribution < -0.4 is 10.2 Å². The van der Waals surface area contributed by atoms with Crippen LogP contribution in [-0.2, 0) is 6.54 Å². The number of rotatable bonds is 7. The van der Waals surface area contributed by atoms with E-state index in [1.165, 1.54) is 12.1 Å². The molecule has 0 atom stereocenters. The molecule has 8 heteroatoms. The molecule has 4 rings (SSSR count). The lowest BCUT2D eigenvalue weighted by atomic mass is 10.1. The maximum absolute atomic E-state index is 13.1. The van der Waals surface area contributed by atoms with Crippen LogP contribution in [0.4, 0.5) is 10.1 Å². The highest BCUT2D eigenvalue weighted by molar-refractivity contribution is 6.31. The minimum Gasteiger partial charge on any atom is -0.369 e. The highest BCUT2D eigenvalue weighted by atomic mass is 35.5. The topological polar surface area (TPSA) is 53.4 Å². The van der Waals surface area contributed by atoms with E-state index in [1.54, 1.807) is 0 Å². The van der Waals surface area contributed by atoms with Crippen molar-refractivity contribution in [2.75, 3.05) is 44.2 Å². The van der Waals surface area contributed by atoms with Crippen molar-refractivity contribution in [3.8, 4) is 0 Å². The number of nitrogens with zero attached hydrogens (tertiary/aromatic N) is 4. The summed E-state index contributed by atoms with van der Waals surface area (Å²) in [6.07, 6.45) is 0. The van der Waals surface area contributed by atoms with Crippen LogP contribution in [0.3, 0.4) is 0 Å². The van der Waals surface area contributed by atoms with Crippen molar-refractivity contribution in [1.29, 1.82) is 0 Å². The minimum atomic E-state index is -0.215. The number of aryl methyl sites for hydroxylation is 1. The highest BCUT2D eigenvalue weighted by Gasteiger charge is 2.20. The van der Waals surface area contributed by atoms with Crippen LogP contribution in [0.25, 0.3) is 0 Å². The molecule has 1 aromatic heterocycles.